The standard InChI is InChI=1S/C23H31N3O3/c1-18-4-6-19(7-5-18)15-24-23(27)17-26-12-10-25(11-13-26)16-20-14-21(28-2)8-9-22(20)29-3/h4-9,14H,10-13,15-17H2,1-3H3,(H,24,27). The van der Waals surface area contributed by atoms with Crippen molar-refractivity contribution < 1.29 is 14.3 Å². The van der Waals surface area contributed by atoms with Crippen molar-refractivity contribution in [2.24, 2.45) is 0 Å². The van der Waals surface area contributed by atoms with Gasteiger partial charge in [0.25, 0.3) is 0 Å². The summed E-state index contributed by atoms with van der Waals surface area (Å²) in [6.45, 7) is 7.50. The summed E-state index contributed by atoms with van der Waals surface area (Å²) in [6, 6.07) is 14.1. The number of hydrogen-bond donors (Lipinski definition) is 1. The smallest absolute Gasteiger partial charge is 0.234 e. The Kier molecular flexibility index (Phi) is 7.49. The molecule has 0 aromatic heterocycles. The summed E-state index contributed by atoms with van der Waals surface area (Å²) in [7, 11) is 3.37. The van der Waals surface area contributed by atoms with Gasteiger partial charge in [-0.3, -0.25) is 14.6 Å². The van der Waals surface area contributed by atoms with E-state index in [-0.39, 0.29) is 5.91 Å². The van der Waals surface area contributed by atoms with Crippen molar-refractivity contribution in [2.75, 3.05) is 46.9 Å². The number of benzene rings is 2. The molecule has 156 valence electrons. The van der Waals surface area contributed by atoms with Gasteiger partial charge in [0, 0.05) is 44.8 Å². The Bertz CT molecular complexity index is 800. The Morgan fingerprint density at radius 2 is 1.66 bits per heavy atom. The molecule has 1 fully saturated rings. The van der Waals surface area contributed by atoms with Crippen LogP contribution >= 0.6 is 0 Å². The van der Waals surface area contributed by atoms with E-state index in [2.05, 4.69) is 46.3 Å². The molecule has 2 aromatic rings. The number of hydrogen-bond acceptors (Lipinski definition) is 5. The van der Waals surface area contributed by atoms with Crippen molar-refractivity contribution in [1.29, 1.82) is 0 Å². The summed E-state index contributed by atoms with van der Waals surface area (Å²) < 4.78 is 10.8. The molecular weight excluding hydrogens is 366 g/mol. The molecule has 1 aliphatic rings. The molecule has 29 heavy (non-hydrogen) atoms. The highest BCUT2D eigenvalue weighted by atomic mass is 16.5. The Morgan fingerprint density at radius 3 is 2.31 bits per heavy atom. The largest absolute Gasteiger partial charge is 0.497 e. The highest BCUT2D eigenvalue weighted by Gasteiger charge is 2.20. The first-order chi connectivity index (χ1) is 14.1. The maximum atomic E-state index is 12.3. The Labute approximate surface area is 173 Å². The van der Waals surface area contributed by atoms with Crippen LogP contribution in [0.2, 0.25) is 0 Å². The zero-order chi connectivity index (χ0) is 20.6. The van der Waals surface area contributed by atoms with Gasteiger partial charge in [-0.2, -0.15) is 0 Å². The van der Waals surface area contributed by atoms with E-state index in [1.807, 2.05) is 18.2 Å². The van der Waals surface area contributed by atoms with Gasteiger partial charge in [-0.15, -0.1) is 0 Å². The number of carbonyl (C=O) groups excluding carboxylic acids is 1. The monoisotopic (exact) mass is 397 g/mol. The van der Waals surface area contributed by atoms with E-state index in [0.29, 0.717) is 13.1 Å². The molecule has 0 radical (unpaired) electrons. The SMILES string of the molecule is COc1ccc(OC)c(CN2CCN(CC(=O)NCc3ccc(C)cc3)CC2)c1. The summed E-state index contributed by atoms with van der Waals surface area (Å²) >= 11 is 0. The van der Waals surface area contributed by atoms with Crippen LogP contribution in [0.1, 0.15) is 16.7 Å². The zero-order valence-corrected chi connectivity index (χ0v) is 17.6. The Balaban J connectivity index is 1.43. The second-order valence-electron chi connectivity index (χ2n) is 7.49. The van der Waals surface area contributed by atoms with Gasteiger partial charge in [-0.25, -0.2) is 0 Å². The highest BCUT2D eigenvalue weighted by molar-refractivity contribution is 5.78. The first-order valence-electron chi connectivity index (χ1n) is 10.0. The molecule has 0 bridgehead atoms. The molecule has 1 heterocycles. The van der Waals surface area contributed by atoms with Gasteiger partial charge in [0.15, 0.2) is 0 Å². The lowest BCUT2D eigenvalue weighted by Gasteiger charge is -2.34. The molecule has 6 heteroatoms. The second kappa shape index (κ2) is 10.3. The maximum absolute atomic E-state index is 12.3. The van der Waals surface area contributed by atoms with E-state index < -0.39 is 0 Å². The molecule has 0 spiro atoms. The fourth-order valence-corrected chi connectivity index (χ4v) is 3.52. The number of ether oxygens (including phenoxy) is 2. The average Bonchev–Trinajstić information content (AvgIpc) is 2.74. The molecule has 1 amide bonds. The topological polar surface area (TPSA) is 54.0 Å². The molecule has 3 rings (SSSR count). The van der Waals surface area contributed by atoms with Crippen LogP contribution in [0, 0.1) is 6.92 Å². The molecule has 0 saturated carbocycles. The lowest BCUT2D eigenvalue weighted by Crippen LogP contribution is -2.49. The number of piperazine rings is 1. The van der Waals surface area contributed by atoms with Crippen LogP contribution in [0.5, 0.6) is 11.5 Å². The summed E-state index contributed by atoms with van der Waals surface area (Å²) in [6.07, 6.45) is 0. The second-order valence-corrected chi connectivity index (χ2v) is 7.49. The third-order valence-corrected chi connectivity index (χ3v) is 5.32. The predicted molar refractivity (Wildman–Crippen MR) is 114 cm³/mol. The molecular formula is C23H31N3O3. The summed E-state index contributed by atoms with van der Waals surface area (Å²) in [5.41, 5.74) is 3.47. The molecule has 1 saturated heterocycles. The van der Waals surface area contributed by atoms with Crippen molar-refractivity contribution >= 4 is 5.91 Å². The number of nitrogens with one attached hydrogen (secondary N) is 1. The van der Waals surface area contributed by atoms with Gasteiger partial charge >= 0.3 is 0 Å². The van der Waals surface area contributed by atoms with Crippen LogP contribution in [0.4, 0.5) is 0 Å². The number of carbonyl (C=O) groups is 1. The van der Waals surface area contributed by atoms with Crippen molar-refractivity contribution in [2.45, 2.75) is 20.0 Å². The Hall–Kier alpha value is -2.57. The van der Waals surface area contributed by atoms with E-state index in [1.54, 1.807) is 14.2 Å². The number of methoxy groups -OCH3 is 2. The van der Waals surface area contributed by atoms with E-state index in [1.165, 1.54) is 5.56 Å². The molecule has 2 aromatic carbocycles. The van der Waals surface area contributed by atoms with E-state index in [4.69, 9.17) is 9.47 Å². The minimum Gasteiger partial charge on any atom is -0.497 e. The molecule has 0 unspecified atom stereocenters. The lowest BCUT2D eigenvalue weighted by atomic mass is 10.1. The molecule has 1 aliphatic heterocycles. The van der Waals surface area contributed by atoms with Crippen LogP contribution in [0.3, 0.4) is 0 Å². The number of aryl methyl sites for hydroxylation is 1. The van der Waals surface area contributed by atoms with Gasteiger partial charge in [0.1, 0.15) is 11.5 Å². The fraction of sp³-hybridized carbons (Fsp3) is 0.435. The molecule has 1 N–H and O–H groups in total. The van der Waals surface area contributed by atoms with Crippen LogP contribution in [0.25, 0.3) is 0 Å². The summed E-state index contributed by atoms with van der Waals surface area (Å²) in [4.78, 5) is 16.9. The van der Waals surface area contributed by atoms with Crippen molar-refractivity contribution in [1.82, 2.24) is 15.1 Å². The third kappa shape index (κ3) is 6.21. The molecule has 0 aliphatic carbocycles. The van der Waals surface area contributed by atoms with Gasteiger partial charge in [0.2, 0.25) is 5.91 Å². The van der Waals surface area contributed by atoms with Gasteiger partial charge in [-0.1, -0.05) is 29.8 Å². The van der Waals surface area contributed by atoms with Crippen LogP contribution in [-0.4, -0.2) is 62.7 Å². The maximum Gasteiger partial charge on any atom is 0.234 e. The fourth-order valence-electron chi connectivity index (χ4n) is 3.52. The zero-order valence-electron chi connectivity index (χ0n) is 17.6. The predicted octanol–water partition coefficient (Wildman–Crippen LogP) is 2.45. The minimum absolute atomic E-state index is 0.0773. The van der Waals surface area contributed by atoms with Crippen LogP contribution in [-0.2, 0) is 17.9 Å². The van der Waals surface area contributed by atoms with Gasteiger partial charge < -0.3 is 14.8 Å². The van der Waals surface area contributed by atoms with E-state index in [0.717, 1.165) is 55.3 Å². The minimum atomic E-state index is 0.0773. The van der Waals surface area contributed by atoms with Crippen molar-refractivity contribution in [3.8, 4) is 11.5 Å². The normalized spacial score (nSPS) is 15.1. The van der Waals surface area contributed by atoms with Gasteiger partial charge in [-0.05, 0) is 30.7 Å². The molecule has 0 atom stereocenters. The number of nitrogens with zero attached hydrogens (tertiary/aromatic N) is 2. The first-order valence-corrected chi connectivity index (χ1v) is 10.0. The first kappa shape index (κ1) is 21.1. The Morgan fingerprint density at radius 1 is 0.966 bits per heavy atom. The van der Waals surface area contributed by atoms with Gasteiger partial charge in [0.05, 0.1) is 20.8 Å². The lowest BCUT2D eigenvalue weighted by molar-refractivity contribution is -0.122. The van der Waals surface area contributed by atoms with Crippen LogP contribution in [0.15, 0.2) is 42.5 Å². The molecule has 6 nitrogen and oxygen atoms in total. The number of amides is 1. The summed E-state index contributed by atoms with van der Waals surface area (Å²) in [5.74, 6) is 1.79. The third-order valence-electron chi connectivity index (χ3n) is 5.32. The summed E-state index contributed by atoms with van der Waals surface area (Å²) in [5, 5.41) is 3.02. The quantitative estimate of drug-likeness (QED) is 0.742. The average molecular weight is 398 g/mol. The highest BCUT2D eigenvalue weighted by Crippen LogP contribution is 2.25. The number of rotatable bonds is 8. The van der Waals surface area contributed by atoms with Crippen molar-refractivity contribution in [3.05, 3.63) is 59.2 Å². The van der Waals surface area contributed by atoms with Crippen molar-refractivity contribution in [3.63, 3.8) is 0 Å². The van der Waals surface area contributed by atoms with Crippen LogP contribution < -0.4 is 14.8 Å². The van der Waals surface area contributed by atoms with E-state index in [9.17, 15) is 4.79 Å². The van der Waals surface area contributed by atoms with E-state index >= 15 is 0 Å².